The largest absolute Gasteiger partial charge is 0.464 e. The van der Waals surface area contributed by atoms with Crippen molar-refractivity contribution in [1.29, 1.82) is 0 Å². The molecule has 1 aromatic rings. The fourth-order valence-corrected chi connectivity index (χ4v) is 4.64. The van der Waals surface area contributed by atoms with Crippen molar-refractivity contribution in [3.05, 3.63) is 33.1 Å². The van der Waals surface area contributed by atoms with E-state index >= 15 is 0 Å². The highest BCUT2D eigenvalue weighted by Gasteiger charge is 2.42. The fraction of sp³-hybridized carbons (Fsp3) is 0.368. The molecular weight excluding hydrogens is 464 g/mol. The standard InChI is InChI=1S/C19H19BrN2O4S2/c1-4-21-13-6-5-11(20)7-12(13)15(17(21)24)16-18(25)22(19(27)28-16)8-14(23)26-9-10(2)3/h5-7,10H,4,8-9H2,1-3H3. The first kappa shape index (κ1) is 21.0. The molecule has 2 amide bonds. The minimum absolute atomic E-state index is 0.198. The molecule has 0 saturated carbocycles. The van der Waals surface area contributed by atoms with Crippen LogP contribution in [0.4, 0.5) is 5.69 Å². The lowest BCUT2D eigenvalue weighted by atomic mass is 10.1. The number of esters is 1. The van der Waals surface area contributed by atoms with Crippen LogP contribution in [0.15, 0.2) is 27.6 Å². The number of nitrogens with zero attached hydrogens (tertiary/aromatic N) is 2. The van der Waals surface area contributed by atoms with Crippen molar-refractivity contribution in [2.75, 3.05) is 24.6 Å². The van der Waals surface area contributed by atoms with E-state index in [1.54, 1.807) is 4.90 Å². The second-order valence-electron chi connectivity index (χ2n) is 6.75. The maximum absolute atomic E-state index is 13.0. The van der Waals surface area contributed by atoms with Gasteiger partial charge in [0.05, 0.1) is 22.8 Å². The molecule has 0 radical (unpaired) electrons. The molecule has 1 fully saturated rings. The van der Waals surface area contributed by atoms with Gasteiger partial charge in [-0.1, -0.05) is 53.8 Å². The average Bonchev–Trinajstić information content (AvgIpc) is 3.06. The minimum atomic E-state index is -0.521. The zero-order valence-electron chi connectivity index (χ0n) is 15.7. The number of carbonyl (C=O) groups is 3. The Morgan fingerprint density at radius 2 is 1.96 bits per heavy atom. The average molecular weight is 483 g/mol. The lowest BCUT2D eigenvalue weighted by molar-refractivity contribution is -0.147. The number of ether oxygens (including phenoxy) is 1. The smallest absolute Gasteiger partial charge is 0.326 e. The van der Waals surface area contributed by atoms with Gasteiger partial charge in [-0.25, -0.2) is 0 Å². The van der Waals surface area contributed by atoms with Crippen LogP contribution in [0.2, 0.25) is 0 Å². The summed E-state index contributed by atoms with van der Waals surface area (Å²) < 4.78 is 6.20. The molecule has 0 spiro atoms. The van der Waals surface area contributed by atoms with E-state index in [2.05, 4.69) is 15.9 Å². The van der Waals surface area contributed by atoms with E-state index < -0.39 is 11.9 Å². The van der Waals surface area contributed by atoms with E-state index in [0.29, 0.717) is 17.7 Å². The van der Waals surface area contributed by atoms with Gasteiger partial charge in [0, 0.05) is 16.6 Å². The monoisotopic (exact) mass is 482 g/mol. The molecule has 0 unspecified atom stereocenters. The van der Waals surface area contributed by atoms with Gasteiger partial charge >= 0.3 is 5.97 Å². The summed E-state index contributed by atoms with van der Waals surface area (Å²) in [6.07, 6.45) is 0. The van der Waals surface area contributed by atoms with Gasteiger partial charge in [-0.05, 0) is 31.0 Å². The topological polar surface area (TPSA) is 66.9 Å². The first-order chi connectivity index (χ1) is 13.2. The zero-order chi connectivity index (χ0) is 20.6. The molecule has 9 heteroatoms. The molecule has 0 aliphatic carbocycles. The Bertz CT molecular complexity index is 913. The Labute approximate surface area is 181 Å². The van der Waals surface area contributed by atoms with Crippen molar-refractivity contribution in [3.8, 4) is 0 Å². The number of thiocarbonyl (C=S) groups is 1. The molecule has 148 valence electrons. The van der Waals surface area contributed by atoms with Gasteiger partial charge in [-0.15, -0.1) is 0 Å². The van der Waals surface area contributed by atoms with Crippen LogP contribution < -0.4 is 4.90 Å². The number of amides is 2. The third-order valence-corrected chi connectivity index (χ3v) is 6.18. The summed E-state index contributed by atoms with van der Waals surface area (Å²) in [5.74, 6) is -1.00. The zero-order valence-corrected chi connectivity index (χ0v) is 18.9. The molecule has 1 aromatic carbocycles. The molecule has 2 aliphatic rings. The normalized spacial score (nSPS) is 19.1. The van der Waals surface area contributed by atoms with Crippen LogP contribution >= 0.6 is 39.9 Å². The van der Waals surface area contributed by atoms with Gasteiger partial charge in [0.15, 0.2) is 0 Å². The maximum Gasteiger partial charge on any atom is 0.326 e. The van der Waals surface area contributed by atoms with Gasteiger partial charge in [0.25, 0.3) is 11.8 Å². The molecule has 6 nitrogen and oxygen atoms in total. The Kier molecular flexibility index (Phi) is 6.26. The maximum atomic E-state index is 13.0. The molecule has 0 N–H and O–H groups in total. The van der Waals surface area contributed by atoms with Gasteiger partial charge < -0.3 is 9.64 Å². The Hall–Kier alpha value is -1.71. The first-order valence-electron chi connectivity index (χ1n) is 8.80. The van der Waals surface area contributed by atoms with Crippen LogP contribution in [0.1, 0.15) is 26.3 Å². The number of likely N-dealkylation sites (N-methyl/N-ethyl adjacent to an activating group) is 1. The molecule has 1 saturated heterocycles. The van der Waals surface area contributed by atoms with Crippen LogP contribution in [0, 0.1) is 5.92 Å². The highest BCUT2D eigenvalue weighted by molar-refractivity contribution is 9.10. The summed E-state index contributed by atoms with van der Waals surface area (Å²) in [5, 5.41) is 0. The molecule has 0 aromatic heterocycles. The number of carbonyl (C=O) groups excluding carboxylic acids is 3. The van der Waals surface area contributed by atoms with E-state index in [1.165, 1.54) is 4.90 Å². The highest BCUT2D eigenvalue weighted by Crippen LogP contribution is 2.45. The number of anilines is 1. The molecule has 28 heavy (non-hydrogen) atoms. The second-order valence-corrected chi connectivity index (χ2v) is 9.31. The number of rotatable bonds is 5. The SMILES string of the molecule is CCN1C(=O)C(=C2SC(=S)N(CC(=O)OCC(C)C)C2=O)c2cc(Br)ccc21. The predicted molar refractivity (Wildman–Crippen MR) is 117 cm³/mol. The summed E-state index contributed by atoms with van der Waals surface area (Å²) in [7, 11) is 0. The van der Waals surface area contributed by atoms with E-state index in [1.807, 2.05) is 39.0 Å². The summed E-state index contributed by atoms with van der Waals surface area (Å²) >= 11 is 9.77. The van der Waals surface area contributed by atoms with Gasteiger partial charge in [-0.2, -0.15) is 0 Å². The van der Waals surface area contributed by atoms with Crippen LogP contribution in [0.5, 0.6) is 0 Å². The van der Waals surface area contributed by atoms with Crippen molar-refractivity contribution in [2.24, 2.45) is 5.92 Å². The quantitative estimate of drug-likeness (QED) is 0.363. The van der Waals surface area contributed by atoms with Crippen molar-refractivity contribution in [2.45, 2.75) is 20.8 Å². The van der Waals surface area contributed by atoms with Gasteiger partial charge in [-0.3, -0.25) is 19.3 Å². The van der Waals surface area contributed by atoms with E-state index in [9.17, 15) is 14.4 Å². The molecule has 3 rings (SSSR count). The van der Waals surface area contributed by atoms with Crippen molar-refractivity contribution in [1.82, 2.24) is 4.90 Å². The minimum Gasteiger partial charge on any atom is -0.464 e. The number of halogens is 1. The fourth-order valence-electron chi connectivity index (χ4n) is 2.96. The van der Waals surface area contributed by atoms with Crippen LogP contribution in [-0.4, -0.2) is 46.7 Å². The number of benzene rings is 1. The lowest BCUT2D eigenvalue weighted by Gasteiger charge is -2.14. The van der Waals surface area contributed by atoms with Gasteiger partial charge in [0.2, 0.25) is 0 Å². The molecule has 0 bridgehead atoms. The van der Waals surface area contributed by atoms with Crippen molar-refractivity contribution < 1.29 is 19.1 Å². The summed E-state index contributed by atoms with van der Waals surface area (Å²) in [6.45, 7) is 6.24. The number of thioether (sulfide) groups is 1. The lowest BCUT2D eigenvalue weighted by Crippen LogP contribution is -2.35. The van der Waals surface area contributed by atoms with Crippen molar-refractivity contribution >= 4 is 73.3 Å². The van der Waals surface area contributed by atoms with Gasteiger partial charge in [0.1, 0.15) is 10.9 Å². The highest BCUT2D eigenvalue weighted by atomic mass is 79.9. The Balaban J connectivity index is 1.94. The predicted octanol–water partition coefficient (Wildman–Crippen LogP) is 3.59. The number of fused-ring (bicyclic) bond motifs is 1. The third-order valence-electron chi connectivity index (χ3n) is 4.24. The molecular formula is C19H19BrN2O4S2. The van der Waals surface area contributed by atoms with Crippen molar-refractivity contribution in [3.63, 3.8) is 0 Å². The Morgan fingerprint density at radius 3 is 2.61 bits per heavy atom. The number of hydrogen-bond acceptors (Lipinski definition) is 6. The molecule has 2 aliphatic heterocycles. The third kappa shape index (κ3) is 3.88. The number of hydrogen-bond donors (Lipinski definition) is 0. The van der Waals surface area contributed by atoms with E-state index in [4.69, 9.17) is 17.0 Å². The first-order valence-corrected chi connectivity index (χ1v) is 10.8. The molecule has 2 heterocycles. The molecule has 0 atom stereocenters. The second kappa shape index (κ2) is 8.34. The van der Waals surface area contributed by atoms with E-state index in [0.717, 1.165) is 21.9 Å². The Morgan fingerprint density at radius 1 is 1.25 bits per heavy atom. The van der Waals surface area contributed by atoms with E-state index in [-0.39, 0.29) is 34.2 Å². The summed E-state index contributed by atoms with van der Waals surface area (Å²) in [6, 6.07) is 5.52. The van der Waals surface area contributed by atoms with Crippen LogP contribution in [-0.2, 0) is 19.1 Å². The summed E-state index contributed by atoms with van der Waals surface area (Å²) in [5.41, 5.74) is 1.77. The summed E-state index contributed by atoms with van der Waals surface area (Å²) in [4.78, 5) is 41.1. The van der Waals surface area contributed by atoms with Crippen LogP contribution in [0.25, 0.3) is 5.57 Å². The van der Waals surface area contributed by atoms with Crippen LogP contribution in [0.3, 0.4) is 0 Å².